The van der Waals surface area contributed by atoms with Gasteiger partial charge in [0, 0.05) is 6.07 Å². The SMILES string of the molecule is O=C(C[NH+]1CC[NH+](Cc2nc3ccccc3s2)CC1)Nc1cc(F)ccc1F. The molecule has 0 atom stereocenters. The average molecular weight is 404 g/mol. The molecule has 2 heterocycles. The van der Waals surface area contributed by atoms with Crippen molar-refractivity contribution in [1.29, 1.82) is 0 Å². The molecule has 4 rings (SSSR count). The van der Waals surface area contributed by atoms with Crippen LogP contribution in [0.5, 0.6) is 0 Å². The molecular weight excluding hydrogens is 382 g/mol. The molecule has 3 aromatic rings. The van der Waals surface area contributed by atoms with Crippen molar-refractivity contribution in [3.63, 3.8) is 0 Å². The van der Waals surface area contributed by atoms with Gasteiger partial charge in [-0.25, -0.2) is 13.8 Å². The summed E-state index contributed by atoms with van der Waals surface area (Å²) < 4.78 is 28.1. The van der Waals surface area contributed by atoms with E-state index in [-0.39, 0.29) is 18.1 Å². The number of carbonyl (C=O) groups is 1. The van der Waals surface area contributed by atoms with Crippen molar-refractivity contribution < 1.29 is 23.4 Å². The number of halogens is 2. The lowest BCUT2D eigenvalue weighted by molar-refractivity contribution is -1.01. The van der Waals surface area contributed by atoms with Crippen molar-refractivity contribution in [3.8, 4) is 0 Å². The minimum Gasteiger partial charge on any atom is -0.320 e. The van der Waals surface area contributed by atoms with Crippen LogP contribution >= 0.6 is 11.3 Å². The zero-order valence-corrected chi connectivity index (χ0v) is 16.1. The number of quaternary nitrogens is 2. The molecule has 5 nitrogen and oxygen atoms in total. The van der Waals surface area contributed by atoms with Crippen LogP contribution in [0, 0.1) is 11.6 Å². The summed E-state index contributed by atoms with van der Waals surface area (Å²) in [7, 11) is 0. The molecule has 0 radical (unpaired) electrons. The van der Waals surface area contributed by atoms with E-state index < -0.39 is 11.6 Å². The number of rotatable bonds is 5. The number of piperazine rings is 1. The van der Waals surface area contributed by atoms with Crippen LogP contribution in [0.1, 0.15) is 5.01 Å². The van der Waals surface area contributed by atoms with E-state index in [9.17, 15) is 13.6 Å². The van der Waals surface area contributed by atoms with Crippen LogP contribution in [0.2, 0.25) is 0 Å². The summed E-state index contributed by atoms with van der Waals surface area (Å²) in [5.41, 5.74) is 0.942. The summed E-state index contributed by atoms with van der Waals surface area (Å²) in [6.07, 6.45) is 0. The van der Waals surface area contributed by atoms with Gasteiger partial charge in [0.2, 0.25) is 0 Å². The molecule has 8 heteroatoms. The number of hydrogen-bond acceptors (Lipinski definition) is 3. The second kappa shape index (κ2) is 8.30. The second-order valence-corrected chi connectivity index (χ2v) is 8.22. The van der Waals surface area contributed by atoms with Crippen LogP contribution in [-0.2, 0) is 11.3 Å². The second-order valence-electron chi connectivity index (χ2n) is 7.10. The number of carbonyl (C=O) groups excluding carboxylic acids is 1. The first-order valence-electron chi connectivity index (χ1n) is 9.33. The zero-order valence-electron chi connectivity index (χ0n) is 15.3. The molecule has 2 aromatic carbocycles. The molecule has 1 aliphatic heterocycles. The number of anilines is 1. The third-order valence-electron chi connectivity index (χ3n) is 5.02. The van der Waals surface area contributed by atoms with Crippen LogP contribution in [0.15, 0.2) is 42.5 Å². The highest BCUT2D eigenvalue weighted by molar-refractivity contribution is 7.18. The molecule has 1 amide bonds. The first-order valence-corrected chi connectivity index (χ1v) is 10.1. The third kappa shape index (κ3) is 4.52. The molecule has 28 heavy (non-hydrogen) atoms. The fourth-order valence-electron chi connectivity index (χ4n) is 3.53. The molecule has 0 saturated carbocycles. The summed E-state index contributed by atoms with van der Waals surface area (Å²) in [5.74, 6) is -1.50. The maximum atomic E-state index is 13.6. The molecule has 1 saturated heterocycles. The van der Waals surface area contributed by atoms with Gasteiger partial charge in [0.15, 0.2) is 6.54 Å². The maximum Gasteiger partial charge on any atom is 0.279 e. The van der Waals surface area contributed by atoms with Gasteiger partial charge in [-0.3, -0.25) is 4.79 Å². The molecule has 0 aliphatic carbocycles. The standard InChI is InChI=1S/C20H20F2N4OS/c21-14-5-6-15(22)17(11-14)23-19(27)12-25-7-9-26(10-8-25)13-20-24-16-3-1-2-4-18(16)28-20/h1-6,11H,7-10,12-13H2,(H,23,27)/p+2. The number of nitrogens with one attached hydrogen (secondary N) is 3. The Bertz CT molecular complexity index is 952. The topological polar surface area (TPSA) is 50.9 Å². The summed E-state index contributed by atoms with van der Waals surface area (Å²) in [6.45, 7) is 4.77. The highest BCUT2D eigenvalue weighted by Gasteiger charge is 2.26. The lowest BCUT2D eigenvalue weighted by Crippen LogP contribution is -3.28. The molecule has 146 valence electrons. The lowest BCUT2D eigenvalue weighted by Gasteiger charge is -2.28. The zero-order chi connectivity index (χ0) is 19.5. The van der Waals surface area contributed by atoms with Crippen LogP contribution in [0.3, 0.4) is 0 Å². The molecule has 1 aliphatic rings. The predicted molar refractivity (Wildman–Crippen MR) is 105 cm³/mol. The number of hydrogen-bond donors (Lipinski definition) is 3. The number of fused-ring (bicyclic) bond motifs is 1. The Hall–Kier alpha value is -2.42. The summed E-state index contributed by atoms with van der Waals surface area (Å²) in [5, 5.41) is 3.61. The summed E-state index contributed by atoms with van der Waals surface area (Å²) in [6, 6.07) is 11.2. The third-order valence-corrected chi connectivity index (χ3v) is 6.05. The summed E-state index contributed by atoms with van der Waals surface area (Å²) >= 11 is 1.74. The van der Waals surface area contributed by atoms with Crippen LogP contribution in [0.4, 0.5) is 14.5 Å². The van der Waals surface area contributed by atoms with Gasteiger partial charge in [0.1, 0.15) is 49.4 Å². The molecule has 1 fully saturated rings. The Labute approximate surface area is 165 Å². The van der Waals surface area contributed by atoms with E-state index in [0.29, 0.717) is 0 Å². The first-order chi connectivity index (χ1) is 13.6. The minimum absolute atomic E-state index is 0.107. The van der Waals surface area contributed by atoms with Crippen molar-refractivity contribution >= 4 is 33.1 Å². The minimum atomic E-state index is -0.630. The van der Waals surface area contributed by atoms with E-state index in [0.717, 1.165) is 66.3 Å². The van der Waals surface area contributed by atoms with Gasteiger partial charge >= 0.3 is 0 Å². The van der Waals surface area contributed by atoms with Crippen molar-refractivity contribution in [2.75, 3.05) is 38.0 Å². The van der Waals surface area contributed by atoms with Crippen molar-refractivity contribution in [2.45, 2.75) is 6.54 Å². The van der Waals surface area contributed by atoms with Gasteiger partial charge in [-0.1, -0.05) is 12.1 Å². The monoisotopic (exact) mass is 404 g/mol. The molecular formula is C20H22F2N4OS+2. The van der Waals surface area contributed by atoms with Crippen LogP contribution < -0.4 is 15.1 Å². The number of benzene rings is 2. The van der Waals surface area contributed by atoms with E-state index in [1.165, 1.54) is 9.60 Å². The number of thiazole rings is 1. The quantitative estimate of drug-likeness (QED) is 0.580. The average Bonchev–Trinajstić information content (AvgIpc) is 3.08. The van der Waals surface area contributed by atoms with Gasteiger partial charge in [0.25, 0.3) is 5.91 Å². The highest BCUT2D eigenvalue weighted by atomic mass is 32.1. The van der Waals surface area contributed by atoms with Crippen molar-refractivity contribution in [3.05, 3.63) is 59.1 Å². The van der Waals surface area contributed by atoms with Gasteiger partial charge in [-0.05, 0) is 24.3 Å². The predicted octanol–water partition coefficient (Wildman–Crippen LogP) is 0.497. The van der Waals surface area contributed by atoms with E-state index in [4.69, 9.17) is 4.98 Å². The van der Waals surface area contributed by atoms with E-state index in [1.54, 1.807) is 11.3 Å². The fourth-order valence-corrected chi connectivity index (χ4v) is 4.57. The van der Waals surface area contributed by atoms with E-state index in [1.807, 2.05) is 18.2 Å². The number of amides is 1. The lowest BCUT2D eigenvalue weighted by atomic mass is 10.2. The normalized spacial score (nSPS) is 19.6. The Balaban J connectivity index is 1.26. The summed E-state index contributed by atoms with van der Waals surface area (Å²) in [4.78, 5) is 19.5. The van der Waals surface area contributed by atoms with E-state index in [2.05, 4.69) is 11.4 Å². The molecule has 1 aromatic heterocycles. The van der Waals surface area contributed by atoms with Crippen LogP contribution in [0.25, 0.3) is 10.2 Å². The number of nitrogens with zero attached hydrogens (tertiary/aromatic N) is 1. The molecule has 0 unspecified atom stereocenters. The highest BCUT2D eigenvalue weighted by Crippen LogP contribution is 2.20. The van der Waals surface area contributed by atoms with Gasteiger partial charge in [-0.15, -0.1) is 11.3 Å². The van der Waals surface area contributed by atoms with Gasteiger partial charge in [-0.2, -0.15) is 0 Å². The number of aromatic nitrogens is 1. The Morgan fingerprint density at radius 2 is 1.82 bits per heavy atom. The maximum absolute atomic E-state index is 13.6. The number of para-hydroxylation sites is 1. The van der Waals surface area contributed by atoms with Crippen molar-refractivity contribution in [2.24, 2.45) is 0 Å². The first kappa shape index (κ1) is 18.9. The fraction of sp³-hybridized carbons (Fsp3) is 0.300. The Morgan fingerprint density at radius 1 is 1.07 bits per heavy atom. The van der Waals surface area contributed by atoms with Gasteiger partial charge < -0.3 is 15.1 Å². The van der Waals surface area contributed by atoms with Crippen LogP contribution in [-0.4, -0.2) is 43.6 Å². The Kier molecular flexibility index (Phi) is 5.61. The molecule has 0 bridgehead atoms. The Morgan fingerprint density at radius 3 is 2.61 bits per heavy atom. The van der Waals surface area contributed by atoms with E-state index >= 15 is 0 Å². The van der Waals surface area contributed by atoms with Gasteiger partial charge in [0.05, 0.1) is 15.9 Å². The largest absolute Gasteiger partial charge is 0.320 e. The van der Waals surface area contributed by atoms with Crippen molar-refractivity contribution in [1.82, 2.24) is 4.98 Å². The molecule has 0 spiro atoms. The smallest absolute Gasteiger partial charge is 0.279 e. The molecule has 3 N–H and O–H groups in total.